The van der Waals surface area contributed by atoms with E-state index in [9.17, 15) is 14.4 Å². The molecule has 0 aliphatic carbocycles. The summed E-state index contributed by atoms with van der Waals surface area (Å²) < 4.78 is 4.07. The lowest BCUT2D eigenvalue weighted by molar-refractivity contribution is -0.153. The molecule has 0 rings (SSSR count). The van der Waals surface area contributed by atoms with Crippen molar-refractivity contribution in [1.29, 1.82) is 0 Å². The number of rotatable bonds is 8. The van der Waals surface area contributed by atoms with Gasteiger partial charge in [-0.05, 0) is 0 Å². The molecule has 0 saturated carbocycles. The third kappa shape index (κ3) is 14.6. The van der Waals surface area contributed by atoms with Gasteiger partial charge in [0.1, 0.15) is 18.8 Å². The standard InChI is InChI=1S/C6H10O5.C4H8O3/c7-2-1-5(9)3-6(10)11-4-8;5-2-1-4(7)3-6/h7-8H,1-4H2;5-6H,1-3H2. The average molecular weight is 266 g/mol. The van der Waals surface area contributed by atoms with Crippen molar-refractivity contribution in [2.75, 3.05) is 26.6 Å². The molecule has 0 heterocycles. The van der Waals surface area contributed by atoms with Crippen LogP contribution in [0.1, 0.15) is 19.3 Å². The van der Waals surface area contributed by atoms with Crippen LogP contribution in [0.4, 0.5) is 0 Å². The van der Waals surface area contributed by atoms with Crippen LogP contribution >= 0.6 is 0 Å². The van der Waals surface area contributed by atoms with Gasteiger partial charge in [-0.25, -0.2) is 0 Å². The Morgan fingerprint density at radius 1 is 0.833 bits per heavy atom. The van der Waals surface area contributed by atoms with Gasteiger partial charge in [-0.2, -0.15) is 0 Å². The number of ketones is 2. The van der Waals surface area contributed by atoms with Crippen LogP contribution in [0.3, 0.4) is 0 Å². The van der Waals surface area contributed by atoms with Crippen LogP contribution in [0, 0.1) is 0 Å². The second-order valence-electron chi connectivity index (χ2n) is 3.00. The third-order valence-corrected chi connectivity index (χ3v) is 1.52. The summed E-state index contributed by atoms with van der Waals surface area (Å²) in [5, 5.41) is 32.4. The minimum atomic E-state index is -0.772. The number of hydrogen-bond donors (Lipinski definition) is 4. The van der Waals surface area contributed by atoms with Gasteiger partial charge in [0.05, 0.1) is 6.61 Å². The summed E-state index contributed by atoms with van der Waals surface area (Å²) in [5.74, 6) is -1.49. The highest BCUT2D eigenvalue weighted by molar-refractivity contribution is 5.95. The number of esters is 1. The Hall–Kier alpha value is -1.35. The van der Waals surface area contributed by atoms with Gasteiger partial charge in [0, 0.05) is 19.4 Å². The van der Waals surface area contributed by atoms with Crippen LogP contribution in [0.15, 0.2) is 0 Å². The van der Waals surface area contributed by atoms with Gasteiger partial charge in [-0.15, -0.1) is 0 Å². The highest BCUT2D eigenvalue weighted by Gasteiger charge is 2.08. The largest absolute Gasteiger partial charge is 0.438 e. The Labute approximate surface area is 104 Å². The van der Waals surface area contributed by atoms with E-state index in [2.05, 4.69) is 4.74 Å². The fraction of sp³-hybridized carbons (Fsp3) is 0.700. The lowest BCUT2D eigenvalue weighted by Crippen LogP contribution is -2.12. The van der Waals surface area contributed by atoms with Gasteiger partial charge < -0.3 is 25.2 Å². The van der Waals surface area contributed by atoms with E-state index in [1.54, 1.807) is 0 Å². The molecule has 0 aliphatic heterocycles. The van der Waals surface area contributed by atoms with Crippen LogP contribution in [-0.4, -0.2) is 64.6 Å². The molecule has 0 radical (unpaired) electrons. The minimum Gasteiger partial charge on any atom is -0.438 e. The van der Waals surface area contributed by atoms with Gasteiger partial charge in [0.15, 0.2) is 12.6 Å². The zero-order chi connectivity index (χ0) is 14.4. The molecule has 0 atom stereocenters. The number of ether oxygens (including phenoxy) is 1. The molecule has 0 aliphatic rings. The second-order valence-corrected chi connectivity index (χ2v) is 3.00. The number of carbonyl (C=O) groups excluding carboxylic acids is 3. The van der Waals surface area contributed by atoms with Gasteiger partial charge in [0.25, 0.3) is 0 Å². The Morgan fingerprint density at radius 2 is 1.33 bits per heavy atom. The Balaban J connectivity index is 0. The molecule has 0 amide bonds. The van der Waals surface area contributed by atoms with Crippen LogP contribution in [0.2, 0.25) is 0 Å². The molecule has 0 aromatic rings. The first-order chi connectivity index (χ1) is 8.51. The van der Waals surface area contributed by atoms with Gasteiger partial charge in [-0.1, -0.05) is 0 Å². The van der Waals surface area contributed by atoms with Crippen molar-refractivity contribution in [3.05, 3.63) is 0 Å². The summed E-state index contributed by atoms with van der Waals surface area (Å²) in [5.41, 5.74) is 0. The first-order valence-electron chi connectivity index (χ1n) is 5.14. The molecular formula is C10H18O8. The van der Waals surface area contributed by atoms with Crippen molar-refractivity contribution in [2.45, 2.75) is 19.3 Å². The first-order valence-corrected chi connectivity index (χ1v) is 5.14. The number of aliphatic hydroxyl groups is 4. The molecule has 0 bridgehead atoms. The number of hydrogen-bond acceptors (Lipinski definition) is 8. The smallest absolute Gasteiger partial charge is 0.315 e. The van der Waals surface area contributed by atoms with E-state index in [1.165, 1.54) is 0 Å². The zero-order valence-corrected chi connectivity index (χ0v) is 9.87. The molecule has 0 aromatic carbocycles. The maximum Gasteiger partial charge on any atom is 0.315 e. The quantitative estimate of drug-likeness (QED) is 0.219. The Kier molecular flexibility index (Phi) is 14.5. The van der Waals surface area contributed by atoms with E-state index in [4.69, 9.17) is 20.4 Å². The molecule has 8 heteroatoms. The van der Waals surface area contributed by atoms with Crippen molar-refractivity contribution in [2.24, 2.45) is 0 Å². The summed E-state index contributed by atoms with van der Waals surface area (Å²) in [4.78, 5) is 31.0. The van der Waals surface area contributed by atoms with Crippen molar-refractivity contribution < 1.29 is 39.5 Å². The molecule has 0 unspecified atom stereocenters. The zero-order valence-electron chi connectivity index (χ0n) is 9.87. The summed E-state index contributed by atoms with van der Waals surface area (Å²) in [6, 6.07) is 0. The SMILES string of the molecule is O=C(CCO)CC(=O)OCO.O=C(CO)CCO. The molecule has 0 aromatic heterocycles. The second kappa shape index (κ2) is 13.7. The maximum absolute atomic E-state index is 10.6. The lowest BCUT2D eigenvalue weighted by Gasteiger charge is -1.98. The van der Waals surface area contributed by atoms with Crippen LogP contribution in [0.5, 0.6) is 0 Å². The van der Waals surface area contributed by atoms with Crippen molar-refractivity contribution >= 4 is 17.5 Å². The number of carbonyl (C=O) groups is 3. The van der Waals surface area contributed by atoms with Crippen molar-refractivity contribution in [3.63, 3.8) is 0 Å². The van der Waals surface area contributed by atoms with Crippen molar-refractivity contribution in [3.8, 4) is 0 Å². The van der Waals surface area contributed by atoms with Crippen molar-refractivity contribution in [1.82, 2.24) is 0 Å². The predicted octanol–water partition coefficient (Wildman–Crippen LogP) is -2.25. The van der Waals surface area contributed by atoms with E-state index < -0.39 is 25.2 Å². The van der Waals surface area contributed by atoms with E-state index in [0.29, 0.717) is 0 Å². The molecule has 0 spiro atoms. The lowest BCUT2D eigenvalue weighted by atomic mass is 10.2. The highest BCUT2D eigenvalue weighted by Crippen LogP contribution is 1.91. The number of aliphatic hydroxyl groups excluding tert-OH is 4. The fourth-order valence-corrected chi connectivity index (χ4v) is 0.701. The molecule has 18 heavy (non-hydrogen) atoms. The number of Topliss-reactive ketones (excluding diaryl/α,β-unsaturated/α-hetero) is 2. The topological polar surface area (TPSA) is 141 Å². The Morgan fingerprint density at radius 3 is 1.67 bits per heavy atom. The predicted molar refractivity (Wildman–Crippen MR) is 58.3 cm³/mol. The molecule has 106 valence electrons. The van der Waals surface area contributed by atoms with Crippen LogP contribution in [0.25, 0.3) is 0 Å². The Bertz CT molecular complexity index is 234. The minimum absolute atomic E-state index is 0.0550. The van der Waals surface area contributed by atoms with Crippen LogP contribution < -0.4 is 0 Å². The van der Waals surface area contributed by atoms with E-state index in [1.807, 2.05) is 0 Å². The van der Waals surface area contributed by atoms with E-state index >= 15 is 0 Å². The normalized spacial score (nSPS) is 9.11. The monoisotopic (exact) mass is 266 g/mol. The van der Waals surface area contributed by atoms with Gasteiger partial charge in [-0.3, -0.25) is 14.4 Å². The first kappa shape index (κ1) is 19.0. The fourth-order valence-electron chi connectivity index (χ4n) is 0.701. The van der Waals surface area contributed by atoms with Crippen LogP contribution in [-0.2, 0) is 19.1 Å². The van der Waals surface area contributed by atoms with Gasteiger partial charge >= 0.3 is 5.97 Å². The summed E-state index contributed by atoms with van der Waals surface area (Å²) in [7, 11) is 0. The third-order valence-electron chi connectivity index (χ3n) is 1.52. The summed E-state index contributed by atoms with van der Waals surface area (Å²) in [6.45, 7) is -1.61. The molecule has 0 fully saturated rings. The molecule has 0 saturated heterocycles. The van der Waals surface area contributed by atoms with E-state index in [0.717, 1.165) is 0 Å². The summed E-state index contributed by atoms with van der Waals surface area (Å²) >= 11 is 0. The summed E-state index contributed by atoms with van der Waals surface area (Å²) in [6.07, 6.45) is -0.377. The molecule has 8 nitrogen and oxygen atoms in total. The molecular weight excluding hydrogens is 248 g/mol. The highest BCUT2D eigenvalue weighted by atomic mass is 16.6. The van der Waals surface area contributed by atoms with Gasteiger partial charge in [0.2, 0.25) is 0 Å². The average Bonchev–Trinajstić information content (AvgIpc) is 2.30. The molecule has 4 N–H and O–H groups in total. The van der Waals surface area contributed by atoms with E-state index in [-0.39, 0.29) is 38.3 Å². The maximum atomic E-state index is 10.6.